The monoisotopic (exact) mass is 378 g/mol. The fourth-order valence-corrected chi connectivity index (χ4v) is 3.26. The van der Waals surface area contributed by atoms with E-state index in [9.17, 15) is 9.18 Å². The third-order valence-corrected chi connectivity index (χ3v) is 4.74. The second-order valence-electron chi connectivity index (χ2n) is 5.64. The van der Waals surface area contributed by atoms with Crippen LogP contribution in [0, 0.1) is 12.7 Å². The Bertz CT molecular complexity index is 849. The predicted molar refractivity (Wildman–Crippen MR) is 97.1 cm³/mol. The molecule has 1 aromatic carbocycles. The van der Waals surface area contributed by atoms with E-state index in [-0.39, 0.29) is 18.3 Å². The number of aromatic nitrogens is 1. The van der Waals surface area contributed by atoms with Crippen LogP contribution >= 0.6 is 22.9 Å². The van der Waals surface area contributed by atoms with Gasteiger partial charge in [0.05, 0.1) is 6.61 Å². The average Bonchev–Trinajstić information content (AvgIpc) is 2.98. The summed E-state index contributed by atoms with van der Waals surface area (Å²) in [5.41, 5.74) is 1.07. The van der Waals surface area contributed by atoms with Crippen LogP contribution in [0.15, 0.2) is 54.3 Å². The van der Waals surface area contributed by atoms with Crippen LogP contribution in [0.25, 0.3) is 0 Å². The Morgan fingerprint density at radius 1 is 1.52 bits per heavy atom. The molecule has 1 unspecified atom stereocenters. The van der Waals surface area contributed by atoms with E-state index in [2.05, 4.69) is 10.3 Å². The number of rotatable bonds is 5. The molecule has 1 aromatic heterocycles. The second kappa shape index (κ2) is 7.47. The maximum atomic E-state index is 13.2. The first-order valence-electron chi connectivity index (χ1n) is 7.64. The summed E-state index contributed by atoms with van der Waals surface area (Å²) in [5.74, 6) is -0.632. The van der Waals surface area contributed by atoms with Crippen molar-refractivity contribution in [2.75, 3.05) is 5.32 Å². The topological polar surface area (TPSA) is 51.2 Å². The molecular formula is C18H16ClFN2O2S. The van der Waals surface area contributed by atoms with Gasteiger partial charge in [-0.05, 0) is 30.7 Å². The van der Waals surface area contributed by atoms with Crippen molar-refractivity contribution >= 4 is 34.0 Å². The van der Waals surface area contributed by atoms with Crippen LogP contribution < -0.4 is 5.32 Å². The summed E-state index contributed by atoms with van der Waals surface area (Å²) < 4.78 is 19.0. The number of aryl methyl sites for hydroxylation is 1. The Morgan fingerprint density at radius 3 is 3.08 bits per heavy atom. The first-order valence-corrected chi connectivity index (χ1v) is 8.83. The molecule has 1 atom stereocenters. The molecule has 1 heterocycles. The molecule has 1 N–H and O–H groups in total. The Kier molecular flexibility index (Phi) is 5.32. The molecule has 0 spiro atoms. The van der Waals surface area contributed by atoms with Crippen molar-refractivity contribution in [1.82, 2.24) is 4.98 Å². The van der Waals surface area contributed by atoms with Crippen LogP contribution in [0.5, 0.6) is 0 Å². The number of ether oxygens (including phenoxy) is 1. The number of hydrogen-bond donors (Lipinski definition) is 1. The summed E-state index contributed by atoms with van der Waals surface area (Å²) in [6, 6.07) is 6.12. The molecular weight excluding hydrogens is 363 g/mol. The molecule has 4 nitrogen and oxygen atoms in total. The maximum Gasteiger partial charge on any atom is 0.257 e. The quantitative estimate of drug-likeness (QED) is 0.775. The van der Waals surface area contributed by atoms with Crippen molar-refractivity contribution < 1.29 is 13.9 Å². The number of carbonyl (C=O) groups excluding carboxylic acids is 1. The molecule has 130 valence electrons. The van der Waals surface area contributed by atoms with Gasteiger partial charge in [0, 0.05) is 23.1 Å². The fraction of sp³-hybridized carbons (Fsp3) is 0.222. The van der Waals surface area contributed by atoms with E-state index in [4.69, 9.17) is 16.3 Å². The number of nitrogens with zero attached hydrogens (tertiary/aromatic N) is 1. The molecule has 1 aliphatic rings. The molecule has 0 aliphatic heterocycles. The number of hydrogen-bond acceptors (Lipinski definition) is 4. The van der Waals surface area contributed by atoms with Gasteiger partial charge in [-0.2, -0.15) is 0 Å². The van der Waals surface area contributed by atoms with Gasteiger partial charge in [-0.15, -0.1) is 11.3 Å². The van der Waals surface area contributed by atoms with Gasteiger partial charge in [-0.1, -0.05) is 35.9 Å². The van der Waals surface area contributed by atoms with Crippen molar-refractivity contribution in [2.45, 2.75) is 25.0 Å². The van der Waals surface area contributed by atoms with Crippen LogP contribution in [-0.2, 0) is 16.1 Å². The lowest BCUT2D eigenvalue weighted by Gasteiger charge is -2.26. The first kappa shape index (κ1) is 17.8. The van der Waals surface area contributed by atoms with E-state index in [0.29, 0.717) is 22.7 Å². The molecule has 2 aromatic rings. The van der Waals surface area contributed by atoms with E-state index in [1.807, 2.05) is 6.92 Å². The number of thiazole rings is 1. The molecule has 25 heavy (non-hydrogen) atoms. The number of alkyl halides is 1. The lowest BCUT2D eigenvalue weighted by Crippen LogP contribution is -2.27. The number of amides is 1. The summed E-state index contributed by atoms with van der Waals surface area (Å²) in [7, 11) is 0. The summed E-state index contributed by atoms with van der Waals surface area (Å²) in [4.78, 5) is 17.5. The Labute approximate surface area is 154 Å². The lowest BCUT2D eigenvalue weighted by molar-refractivity contribution is -0.112. The van der Waals surface area contributed by atoms with E-state index in [1.165, 1.54) is 23.5 Å². The highest BCUT2D eigenvalue weighted by Crippen LogP contribution is 2.31. The van der Waals surface area contributed by atoms with Crippen molar-refractivity contribution in [3.05, 3.63) is 70.5 Å². The fourth-order valence-electron chi connectivity index (χ4n) is 2.34. The number of halogens is 2. The smallest absolute Gasteiger partial charge is 0.257 e. The zero-order valence-electron chi connectivity index (χ0n) is 13.5. The Balaban J connectivity index is 1.67. The molecule has 1 amide bonds. The average molecular weight is 379 g/mol. The van der Waals surface area contributed by atoms with Crippen LogP contribution in [0.2, 0.25) is 0 Å². The van der Waals surface area contributed by atoms with Crippen LogP contribution in [0.1, 0.15) is 16.9 Å². The van der Waals surface area contributed by atoms with Crippen LogP contribution in [0.4, 0.5) is 9.52 Å². The van der Waals surface area contributed by atoms with E-state index < -0.39 is 5.06 Å². The molecule has 7 heteroatoms. The summed E-state index contributed by atoms with van der Waals surface area (Å²) in [6.45, 7) is 2.06. The van der Waals surface area contributed by atoms with Crippen molar-refractivity contribution in [1.29, 1.82) is 0 Å². The highest BCUT2D eigenvalue weighted by Gasteiger charge is 2.29. The normalized spacial score (nSPS) is 19.6. The zero-order chi connectivity index (χ0) is 17.9. The Morgan fingerprint density at radius 2 is 2.36 bits per heavy atom. The zero-order valence-corrected chi connectivity index (χ0v) is 15.0. The molecule has 0 radical (unpaired) electrons. The summed E-state index contributed by atoms with van der Waals surface area (Å²) in [6.07, 6.45) is 7.16. The largest absolute Gasteiger partial charge is 0.351 e. The van der Waals surface area contributed by atoms with Gasteiger partial charge in [0.1, 0.15) is 5.82 Å². The number of benzene rings is 1. The minimum Gasteiger partial charge on any atom is -0.351 e. The number of anilines is 1. The van der Waals surface area contributed by atoms with Gasteiger partial charge < -0.3 is 4.74 Å². The van der Waals surface area contributed by atoms with E-state index in [0.717, 1.165) is 4.88 Å². The number of nitrogens with one attached hydrogen (secondary N) is 1. The first-order chi connectivity index (χ1) is 11.9. The molecule has 3 rings (SSSR count). The lowest BCUT2D eigenvalue weighted by atomic mass is 10.0. The molecule has 0 saturated heterocycles. The van der Waals surface area contributed by atoms with E-state index in [1.54, 1.807) is 36.6 Å². The Hall–Kier alpha value is -2.02. The van der Waals surface area contributed by atoms with Crippen molar-refractivity contribution in [3.63, 3.8) is 0 Å². The highest BCUT2D eigenvalue weighted by atomic mass is 35.5. The SMILES string of the molecule is Cc1cnc(NC(=O)C2=CC(Cl)(OCc3cccc(F)c3)CC=C2)s1. The van der Waals surface area contributed by atoms with Crippen molar-refractivity contribution in [3.8, 4) is 0 Å². The minimum absolute atomic E-state index is 0.145. The molecule has 1 aliphatic carbocycles. The van der Waals surface area contributed by atoms with Gasteiger partial charge in [-0.25, -0.2) is 9.37 Å². The molecule has 0 bridgehead atoms. The second-order valence-corrected chi connectivity index (χ2v) is 7.52. The van der Waals surface area contributed by atoms with E-state index >= 15 is 0 Å². The minimum atomic E-state index is -1.15. The third kappa shape index (κ3) is 4.75. The van der Waals surface area contributed by atoms with Crippen LogP contribution in [-0.4, -0.2) is 16.0 Å². The van der Waals surface area contributed by atoms with Gasteiger partial charge in [0.15, 0.2) is 10.2 Å². The predicted octanol–water partition coefficient (Wildman–Crippen LogP) is 4.57. The van der Waals surface area contributed by atoms with Gasteiger partial charge >= 0.3 is 0 Å². The maximum absolute atomic E-state index is 13.2. The van der Waals surface area contributed by atoms with Gasteiger partial charge in [0.25, 0.3) is 5.91 Å². The molecule has 0 fully saturated rings. The summed E-state index contributed by atoms with van der Waals surface area (Å²) >= 11 is 7.87. The third-order valence-electron chi connectivity index (χ3n) is 3.54. The summed E-state index contributed by atoms with van der Waals surface area (Å²) in [5, 5.41) is 2.12. The van der Waals surface area contributed by atoms with Crippen LogP contribution in [0.3, 0.4) is 0 Å². The number of carbonyl (C=O) groups is 1. The highest BCUT2D eigenvalue weighted by molar-refractivity contribution is 7.15. The standard InChI is InChI=1S/C18H16ClFN2O2S/c1-12-10-21-17(25-12)22-16(23)14-5-3-7-18(19,9-14)24-11-13-4-2-6-15(20)8-13/h2-6,8-10H,7,11H2,1H3,(H,21,22,23). The van der Waals surface area contributed by atoms with Gasteiger partial charge in [-0.3, -0.25) is 10.1 Å². The van der Waals surface area contributed by atoms with Crippen molar-refractivity contribution in [2.24, 2.45) is 0 Å². The molecule has 0 saturated carbocycles. The van der Waals surface area contributed by atoms with Gasteiger partial charge in [0.2, 0.25) is 0 Å².